The number of rotatable bonds is 4. The molecule has 1 heterocycles. The normalized spacial score (nSPS) is 10.8. The lowest BCUT2D eigenvalue weighted by Gasteiger charge is -2.00. The molecule has 0 aliphatic carbocycles. The van der Waals surface area contributed by atoms with Gasteiger partial charge < -0.3 is 5.32 Å². The summed E-state index contributed by atoms with van der Waals surface area (Å²) in [5.74, 6) is -0.245. The molecule has 0 aliphatic rings. The summed E-state index contributed by atoms with van der Waals surface area (Å²) < 4.78 is 13.7. The molecule has 2 rings (SSSR count). The Hall–Kier alpha value is -0.780. The van der Waals surface area contributed by atoms with Crippen LogP contribution in [0.15, 0.2) is 28.1 Å². The Kier molecular flexibility index (Phi) is 4.25. The Morgan fingerprint density at radius 1 is 1.47 bits per heavy atom. The zero-order valence-electron chi connectivity index (χ0n) is 9.34. The molecule has 0 fully saturated rings. The van der Waals surface area contributed by atoms with E-state index in [4.69, 9.17) is 0 Å². The van der Waals surface area contributed by atoms with E-state index in [1.165, 1.54) is 12.1 Å². The zero-order chi connectivity index (χ0) is 12.3. The van der Waals surface area contributed by atoms with Gasteiger partial charge in [0.15, 0.2) is 0 Å². The highest BCUT2D eigenvalue weighted by Gasteiger charge is 2.08. The van der Waals surface area contributed by atoms with E-state index in [1.54, 1.807) is 17.4 Å². The van der Waals surface area contributed by atoms with Crippen LogP contribution in [-0.2, 0) is 6.54 Å². The molecule has 0 spiro atoms. The third-order valence-corrected chi connectivity index (χ3v) is 3.85. The molecule has 2 nitrogen and oxygen atoms in total. The number of halogens is 2. The van der Waals surface area contributed by atoms with Crippen LogP contribution in [0, 0.1) is 5.82 Å². The van der Waals surface area contributed by atoms with E-state index in [-0.39, 0.29) is 5.82 Å². The molecule has 0 saturated carbocycles. The maximum Gasteiger partial charge on any atom is 0.124 e. The number of hydrogen-bond acceptors (Lipinski definition) is 3. The van der Waals surface area contributed by atoms with Crippen molar-refractivity contribution in [2.45, 2.75) is 13.5 Å². The molecule has 5 heteroatoms. The fraction of sp³-hybridized carbons (Fsp3) is 0.250. The molecule has 0 bridgehead atoms. The molecule has 0 unspecified atom stereocenters. The Bertz CT molecular complexity index is 513. The van der Waals surface area contributed by atoms with Crippen molar-refractivity contribution in [1.29, 1.82) is 0 Å². The number of benzene rings is 1. The average molecular weight is 315 g/mol. The minimum Gasteiger partial charge on any atom is -0.311 e. The van der Waals surface area contributed by atoms with E-state index < -0.39 is 0 Å². The quantitative estimate of drug-likeness (QED) is 0.928. The first-order valence-corrected chi connectivity index (χ1v) is 6.98. The summed E-state index contributed by atoms with van der Waals surface area (Å²) in [6, 6.07) is 4.65. The van der Waals surface area contributed by atoms with Crippen molar-refractivity contribution in [1.82, 2.24) is 10.3 Å². The van der Waals surface area contributed by atoms with Crippen LogP contribution in [0.2, 0.25) is 0 Å². The monoisotopic (exact) mass is 314 g/mol. The van der Waals surface area contributed by atoms with Crippen LogP contribution >= 0.6 is 27.3 Å². The van der Waals surface area contributed by atoms with Crippen molar-refractivity contribution in [3.8, 4) is 10.6 Å². The molecule has 0 radical (unpaired) electrons. The molecular weight excluding hydrogens is 303 g/mol. The fourth-order valence-electron chi connectivity index (χ4n) is 1.43. The predicted octanol–water partition coefficient (Wildman–Crippen LogP) is 3.82. The van der Waals surface area contributed by atoms with Crippen molar-refractivity contribution in [2.75, 3.05) is 6.54 Å². The predicted molar refractivity (Wildman–Crippen MR) is 72.6 cm³/mol. The number of aromatic nitrogens is 1. The van der Waals surface area contributed by atoms with Gasteiger partial charge in [-0.25, -0.2) is 9.37 Å². The summed E-state index contributed by atoms with van der Waals surface area (Å²) >= 11 is 4.93. The third-order valence-electron chi connectivity index (χ3n) is 2.27. The molecule has 90 valence electrons. The Balaban J connectivity index is 2.24. The standard InChI is InChI=1S/C12H12BrFN2S/c1-2-15-6-9-7-17-12(16-9)10-4-3-8(14)5-11(10)13/h3-5,7,15H,2,6H2,1H3. The van der Waals surface area contributed by atoms with Gasteiger partial charge in [0.05, 0.1) is 5.69 Å². The summed E-state index contributed by atoms with van der Waals surface area (Å²) in [6.07, 6.45) is 0. The summed E-state index contributed by atoms with van der Waals surface area (Å²) in [4.78, 5) is 4.51. The Labute approximate surface area is 112 Å². The van der Waals surface area contributed by atoms with Gasteiger partial charge in [-0.2, -0.15) is 0 Å². The topological polar surface area (TPSA) is 24.9 Å². The minimum absolute atomic E-state index is 0.245. The maximum atomic E-state index is 13.0. The summed E-state index contributed by atoms with van der Waals surface area (Å²) in [5.41, 5.74) is 1.95. The van der Waals surface area contributed by atoms with Gasteiger partial charge >= 0.3 is 0 Å². The van der Waals surface area contributed by atoms with Gasteiger partial charge in [0.2, 0.25) is 0 Å². The van der Waals surface area contributed by atoms with Gasteiger partial charge in [-0.05, 0) is 40.7 Å². The lowest BCUT2D eigenvalue weighted by atomic mass is 10.2. The Morgan fingerprint density at radius 2 is 2.29 bits per heavy atom. The van der Waals surface area contributed by atoms with E-state index in [0.29, 0.717) is 0 Å². The van der Waals surface area contributed by atoms with Crippen LogP contribution in [-0.4, -0.2) is 11.5 Å². The zero-order valence-corrected chi connectivity index (χ0v) is 11.7. The SMILES string of the molecule is CCNCc1csc(-c2ccc(F)cc2Br)n1. The molecule has 0 saturated heterocycles. The largest absolute Gasteiger partial charge is 0.311 e. The van der Waals surface area contributed by atoms with E-state index in [2.05, 4.69) is 33.2 Å². The second-order valence-corrected chi connectivity index (χ2v) is 5.26. The van der Waals surface area contributed by atoms with Crippen molar-refractivity contribution >= 4 is 27.3 Å². The van der Waals surface area contributed by atoms with Crippen LogP contribution in [0.1, 0.15) is 12.6 Å². The number of hydrogen-bond donors (Lipinski definition) is 1. The first kappa shape index (κ1) is 12.7. The first-order chi connectivity index (χ1) is 8.20. The molecule has 2 aromatic rings. The van der Waals surface area contributed by atoms with Crippen LogP contribution in [0.5, 0.6) is 0 Å². The van der Waals surface area contributed by atoms with Crippen LogP contribution in [0.25, 0.3) is 10.6 Å². The summed E-state index contributed by atoms with van der Waals surface area (Å²) in [6.45, 7) is 3.75. The molecule has 0 aliphatic heterocycles. The molecule has 1 aromatic carbocycles. The van der Waals surface area contributed by atoms with Gasteiger partial charge in [-0.1, -0.05) is 6.92 Å². The van der Waals surface area contributed by atoms with Crippen LogP contribution < -0.4 is 5.32 Å². The van der Waals surface area contributed by atoms with E-state index in [9.17, 15) is 4.39 Å². The highest BCUT2D eigenvalue weighted by Crippen LogP contribution is 2.31. The smallest absolute Gasteiger partial charge is 0.124 e. The van der Waals surface area contributed by atoms with Gasteiger partial charge in [0, 0.05) is 22.0 Å². The average Bonchev–Trinajstić information content (AvgIpc) is 2.75. The first-order valence-electron chi connectivity index (χ1n) is 5.31. The molecule has 1 N–H and O–H groups in total. The van der Waals surface area contributed by atoms with Crippen molar-refractivity contribution < 1.29 is 4.39 Å². The van der Waals surface area contributed by atoms with E-state index in [1.807, 2.05) is 5.38 Å². The molecule has 1 aromatic heterocycles. The maximum absolute atomic E-state index is 13.0. The lowest BCUT2D eigenvalue weighted by Crippen LogP contribution is -2.11. The van der Waals surface area contributed by atoms with Gasteiger partial charge in [0.1, 0.15) is 10.8 Å². The van der Waals surface area contributed by atoms with E-state index in [0.717, 1.165) is 33.8 Å². The second kappa shape index (κ2) is 5.71. The van der Waals surface area contributed by atoms with Crippen molar-refractivity contribution in [3.05, 3.63) is 39.6 Å². The second-order valence-electron chi connectivity index (χ2n) is 3.55. The summed E-state index contributed by atoms with van der Waals surface area (Å²) in [5, 5.41) is 6.15. The summed E-state index contributed by atoms with van der Waals surface area (Å²) in [7, 11) is 0. The van der Waals surface area contributed by atoms with Crippen molar-refractivity contribution in [3.63, 3.8) is 0 Å². The van der Waals surface area contributed by atoms with E-state index >= 15 is 0 Å². The van der Waals surface area contributed by atoms with Crippen LogP contribution in [0.4, 0.5) is 4.39 Å². The highest BCUT2D eigenvalue weighted by molar-refractivity contribution is 9.10. The highest BCUT2D eigenvalue weighted by atomic mass is 79.9. The van der Waals surface area contributed by atoms with Gasteiger partial charge in [0.25, 0.3) is 0 Å². The third kappa shape index (κ3) is 3.12. The number of thiazole rings is 1. The van der Waals surface area contributed by atoms with Gasteiger partial charge in [-0.3, -0.25) is 0 Å². The molecule has 0 atom stereocenters. The minimum atomic E-state index is -0.245. The molecule has 0 amide bonds. The van der Waals surface area contributed by atoms with Crippen molar-refractivity contribution in [2.24, 2.45) is 0 Å². The molecule has 17 heavy (non-hydrogen) atoms. The number of nitrogens with zero attached hydrogens (tertiary/aromatic N) is 1. The van der Waals surface area contributed by atoms with Gasteiger partial charge in [-0.15, -0.1) is 11.3 Å². The fourth-order valence-corrected chi connectivity index (χ4v) is 2.96. The molecular formula is C12H12BrFN2S. The van der Waals surface area contributed by atoms with Crippen LogP contribution in [0.3, 0.4) is 0 Å². The Morgan fingerprint density at radius 3 is 3.00 bits per heavy atom. The lowest BCUT2D eigenvalue weighted by molar-refractivity contribution is 0.627. The number of nitrogens with one attached hydrogen (secondary N) is 1.